The standard InChI is InChI=1S/C19H24N4O3/c1-11-6-8-14(9-7-11)17-18(26-10-15(24)22(17)4)19(25)20-16-12(2)21-23(5)13(16)3/h6-9,17-18H,10H2,1-5H3,(H,20,25)/t17-,18-/m1/s1. The highest BCUT2D eigenvalue weighted by atomic mass is 16.5. The molecule has 7 heteroatoms. The van der Waals surface area contributed by atoms with Crippen LogP contribution in [0.1, 0.15) is 28.6 Å². The number of aryl methyl sites for hydroxylation is 3. The highest BCUT2D eigenvalue weighted by molar-refractivity contribution is 5.97. The summed E-state index contributed by atoms with van der Waals surface area (Å²) in [6.07, 6.45) is -0.792. The maximum atomic E-state index is 13.0. The van der Waals surface area contributed by atoms with E-state index in [0.717, 1.165) is 22.5 Å². The first kappa shape index (κ1) is 18.1. The van der Waals surface area contributed by atoms with Gasteiger partial charge in [0.1, 0.15) is 6.61 Å². The second kappa shape index (κ2) is 6.92. The van der Waals surface area contributed by atoms with Gasteiger partial charge in [0.2, 0.25) is 5.91 Å². The number of anilines is 1. The molecule has 0 radical (unpaired) electrons. The van der Waals surface area contributed by atoms with E-state index in [9.17, 15) is 9.59 Å². The van der Waals surface area contributed by atoms with Crippen LogP contribution in [-0.2, 0) is 21.4 Å². The first-order valence-corrected chi connectivity index (χ1v) is 8.54. The highest BCUT2D eigenvalue weighted by Crippen LogP contribution is 2.30. The number of carbonyl (C=O) groups is 2. The molecule has 26 heavy (non-hydrogen) atoms. The molecule has 2 heterocycles. The summed E-state index contributed by atoms with van der Waals surface area (Å²) in [6.45, 7) is 5.62. The van der Waals surface area contributed by atoms with E-state index >= 15 is 0 Å². The Balaban J connectivity index is 1.91. The number of rotatable bonds is 3. The Morgan fingerprint density at radius 3 is 2.42 bits per heavy atom. The van der Waals surface area contributed by atoms with E-state index in [1.54, 1.807) is 16.6 Å². The minimum Gasteiger partial charge on any atom is -0.356 e. The number of nitrogens with one attached hydrogen (secondary N) is 1. The van der Waals surface area contributed by atoms with Crippen molar-refractivity contribution in [1.82, 2.24) is 14.7 Å². The minimum atomic E-state index is -0.792. The number of ether oxygens (including phenoxy) is 1. The number of likely N-dealkylation sites (N-methyl/N-ethyl adjacent to an activating group) is 1. The molecule has 0 aliphatic carbocycles. The van der Waals surface area contributed by atoms with Crippen molar-refractivity contribution in [3.8, 4) is 0 Å². The van der Waals surface area contributed by atoms with Crippen molar-refractivity contribution in [3.63, 3.8) is 0 Å². The molecule has 0 unspecified atom stereocenters. The quantitative estimate of drug-likeness (QED) is 0.911. The maximum absolute atomic E-state index is 13.0. The van der Waals surface area contributed by atoms with Gasteiger partial charge in [0.25, 0.3) is 5.91 Å². The van der Waals surface area contributed by atoms with Crippen LogP contribution in [0, 0.1) is 20.8 Å². The van der Waals surface area contributed by atoms with Crippen LogP contribution in [0.4, 0.5) is 5.69 Å². The lowest BCUT2D eigenvalue weighted by Gasteiger charge is -2.38. The number of aromatic nitrogens is 2. The fraction of sp³-hybridized carbons (Fsp3) is 0.421. The van der Waals surface area contributed by atoms with Crippen molar-refractivity contribution in [2.45, 2.75) is 32.9 Å². The number of hydrogen-bond donors (Lipinski definition) is 1. The molecule has 3 rings (SSSR count). The predicted octanol–water partition coefficient (Wildman–Crippen LogP) is 1.88. The van der Waals surface area contributed by atoms with Crippen LogP contribution in [0.5, 0.6) is 0 Å². The number of amides is 2. The molecule has 0 saturated carbocycles. The molecule has 7 nitrogen and oxygen atoms in total. The van der Waals surface area contributed by atoms with E-state index in [-0.39, 0.29) is 18.4 Å². The van der Waals surface area contributed by atoms with Gasteiger partial charge in [-0.2, -0.15) is 5.10 Å². The number of morpholine rings is 1. The van der Waals surface area contributed by atoms with Gasteiger partial charge in [-0.1, -0.05) is 29.8 Å². The molecule has 2 aromatic rings. The molecule has 1 N–H and O–H groups in total. The Morgan fingerprint density at radius 1 is 1.19 bits per heavy atom. The normalized spacial score (nSPS) is 20.3. The molecule has 138 valence electrons. The van der Waals surface area contributed by atoms with Crippen molar-refractivity contribution in [2.75, 3.05) is 19.0 Å². The fourth-order valence-corrected chi connectivity index (χ4v) is 3.24. The molecule has 1 fully saturated rings. The Labute approximate surface area is 152 Å². The van der Waals surface area contributed by atoms with Crippen molar-refractivity contribution in [3.05, 3.63) is 46.8 Å². The summed E-state index contributed by atoms with van der Waals surface area (Å²) >= 11 is 0. The number of benzene rings is 1. The van der Waals surface area contributed by atoms with Gasteiger partial charge in [-0.15, -0.1) is 0 Å². The van der Waals surface area contributed by atoms with Crippen molar-refractivity contribution in [2.24, 2.45) is 7.05 Å². The second-order valence-electron chi connectivity index (χ2n) is 6.75. The average Bonchev–Trinajstić information content (AvgIpc) is 2.84. The molecule has 1 aliphatic heterocycles. The SMILES string of the molecule is Cc1ccc([C@@H]2[C@H](C(=O)Nc3c(C)nn(C)c3C)OCC(=O)N2C)cc1. The zero-order valence-electron chi connectivity index (χ0n) is 15.7. The van der Waals surface area contributed by atoms with Gasteiger partial charge >= 0.3 is 0 Å². The third kappa shape index (κ3) is 3.22. The number of nitrogens with zero attached hydrogens (tertiary/aromatic N) is 3. The first-order valence-electron chi connectivity index (χ1n) is 8.54. The average molecular weight is 356 g/mol. The minimum absolute atomic E-state index is 0.109. The molecule has 1 aromatic carbocycles. The monoisotopic (exact) mass is 356 g/mol. The predicted molar refractivity (Wildman–Crippen MR) is 97.7 cm³/mol. The molecule has 1 aliphatic rings. The van der Waals surface area contributed by atoms with Crippen LogP contribution >= 0.6 is 0 Å². The topological polar surface area (TPSA) is 76.5 Å². The zero-order chi connectivity index (χ0) is 19.0. The van der Waals surface area contributed by atoms with Crippen molar-refractivity contribution < 1.29 is 14.3 Å². The van der Waals surface area contributed by atoms with E-state index < -0.39 is 12.1 Å². The smallest absolute Gasteiger partial charge is 0.256 e. The van der Waals surface area contributed by atoms with Gasteiger partial charge in [0, 0.05) is 14.1 Å². The van der Waals surface area contributed by atoms with E-state index in [1.165, 1.54) is 0 Å². The lowest BCUT2D eigenvalue weighted by Crippen LogP contribution is -2.51. The second-order valence-corrected chi connectivity index (χ2v) is 6.75. The lowest BCUT2D eigenvalue weighted by molar-refractivity contribution is -0.160. The van der Waals surface area contributed by atoms with Gasteiger partial charge in [0.05, 0.1) is 23.1 Å². The number of carbonyl (C=O) groups excluding carboxylic acids is 2. The van der Waals surface area contributed by atoms with Crippen molar-refractivity contribution >= 4 is 17.5 Å². The van der Waals surface area contributed by atoms with Crippen LogP contribution < -0.4 is 5.32 Å². The Kier molecular flexibility index (Phi) is 4.82. The molecule has 0 spiro atoms. The molecule has 1 aromatic heterocycles. The van der Waals surface area contributed by atoms with Gasteiger partial charge in [-0.25, -0.2) is 0 Å². The summed E-state index contributed by atoms with van der Waals surface area (Å²) in [4.78, 5) is 26.7. The summed E-state index contributed by atoms with van der Waals surface area (Å²) < 4.78 is 7.37. The van der Waals surface area contributed by atoms with E-state index in [2.05, 4.69) is 10.4 Å². The molecule has 2 amide bonds. The van der Waals surface area contributed by atoms with Crippen LogP contribution in [0.3, 0.4) is 0 Å². The summed E-state index contributed by atoms with van der Waals surface area (Å²) in [6, 6.07) is 7.31. The third-order valence-corrected chi connectivity index (χ3v) is 4.92. The third-order valence-electron chi connectivity index (χ3n) is 4.92. The summed E-state index contributed by atoms with van der Waals surface area (Å²) in [7, 11) is 3.53. The maximum Gasteiger partial charge on any atom is 0.256 e. The van der Waals surface area contributed by atoms with Crippen LogP contribution in [0.15, 0.2) is 24.3 Å². The largest absolute Gasteiger partial charge is 0.356 e. The Bertz CT molecular complexity index is 841. The van der Waals surface area contributed by atoms with Gasteiger partial charge < -0.3 is 15.0 Å². The summed E-state index contributed by atoms with van der Waals surface area (Å²) in [5, 5.41) is 7.25. The molecule has 0 bridgehead atoms. The number of hydrogen-bond acceptors (Lipinski definition) is 4. The van der Waals surface area contributed by atoms with E-state index in [1.807, 2.05) is 52.1 Å². The van der Waals surface area contributed by atoms with Crippen LogP contribution in [0.2, 0.25) is 0 Å². The summed E-state index contributed by atoms with van der Waals surface area (Å²) in [5.41, 5.74) is 4.27. The van der Waals surface area contributed by atoms with Crippen LogP contribution in [0.25, 0.3) is 0 Å². The summed E-state index contributed by atoms with van der Waals surface area (Å²) in [5.74, 6) is -0.428. The highest BCUT2D eigenvalue weighted by Gasteiger charge is 2.40. The van der Waals surface area contributed by atoms with Crippen molar-refractivity contribution in [1.29, 1.82) is 0 Å². The molecule has 1 saturated heterocycles. The van der Waals surface area contributed by atoms with Gasteiger partial charge in [-0.3, -0.25) is 14.3 Å². The Morgan fingerprint density at radius 2 is 1.85 bits per heavy atom. The zero-order valence-corrected chi connectivity index (χ0v) is 15.7. The van der Waals surface area contributed by atoms with Gasteiger partial charge in [-0.05, 0) is 26.3 Å². The first-order chi connectivity index (χ1) is 12.3. The van der Waals surface area contributed by atoms with E-state index in [4.69, 9.17) is 4.74 Å². The molecular formula is C19H24N4O3. The van der Waals surface area contributed by atoms with Crippen LogP contribution in [-0.4, -0.2) is 46.3 Å². The van der Waals surface area contributed by atoms with Gasteiger partial charge in [0.15, 0.2) is 6.10 Å². The Hall–Kier alpha value is -2.67. The lowest BCUT2D eigenvalue weighted by atomic mass is 9.96. The van der Waals surface area contributed by atoms with E-state index in [0.29, 0.717) is 5.69 Å². The fourth-order valence-electron chi connectivity index (χ4n) is 3.24. The molecular weight excluding hydrogens is 332 g/mol. The molecule has 2 atom stereocenters.